The zero-order chi connectivity index (χ0) is 17.7. The Labute approximate surface area is 148 Å². The Morgan fingerprint density at radius 3 is 2.83 bits per heavy atom. The van der Waals surface area contributed by atoms with E-state index >= 15 is 0 Å². The second kappa shape index (κ2) is 7.92. The first-order valence-corrected chi connectivity index (χ1v) is 9.47. The highest BCUT2D eigenvalue weighted by Gasteiger charge is 2.28. The molecule has 1 aliphatic heterocycles. The fraction of sp³-hybridized carbons (Fsp3) is 0.556. The SMILES string of the molecule is CSC(N)=Nc1cccc(C2CCCN(C(=O)OC(C)(C)C)C2)c1. The van der Waals surface area contributed by atoms with Gasteiger partial charge in [0, 0.05) is 19.0 Å². The highest BCUT2D eigenvalue weighted by atomic mass is 32.2. The number of nitrogens with two attached hydrogens (primary N) is 1. The third-order valence-electron chi connectivity index (χ3n) is 3.86. The highest BCUT2D eigenvalue weighted by Crippen LogP contribution is 2.30. The molecule has 1 aromatic carbocycles. The van der Waals surface area contributed by atoms with E-state index in [1.165, 1.54) is 17.3 Å². The van der Waals surface area contributed by atoms with Crippen molar-refractivity contribution in [3.8, 4) is 0 Å². The van der Waals surface area contributed by atoms with Gasteiger partial charge in [-0.1, -0.05) is 23.9 Å². The molecule has 0 spiro atoms. The minimum absolute atomic E-state index is 0.229. The van der Waals surface area contributed by atoms with Gasteiger partial charge in [-0.3, -0.25) is 0 Å². The lowest BCUT2D eigenvalue weighted by molar-refractivity contribution is 0.0198. The molecule has 1 atom stereocenters. The van der Waals surface area contributed by atoms with Gasteiger partial charge in [0.25, 0.3) is 0 Å². The van der Waals surface area contributed by atoms with Gasteiger partial charge in [-0.05, 0) is 57.6 Å². The summed E-state index contributed by atoms with van der Waals surface area (Å²) in [6.45, 7) is 7.11. The molecule has 1 fully saturated rings. The second-order valence-electron chi connectivity index (χ2n) is 7.01. The quantitative estimate of drug-likeness (QED) is 0.644. The summed E-state index contributed by atoms with van der Waals surface area (Å²) in [5.41, 5.74) is 7.38. The van der Waals surface area contributed by atoms with Crippen LogP contribution in [0, 0.1) is 0 Å². The molecule has 1 amide bonds. The van der Waals surface area contributed by atoms with Crippen LogP contribution in [0.4, 0.5) is 10.5 Å². The molecular formula is C18H27N3O2S. The van der Waals surface area contributed by atoms with E-state index in [2.05, 4.69) is 17.1 Å². The molecule has 0 aliphatic carbocycles. The number of amides is 1. The Hall–Kier alpha value is -1.69. The highest BCUT2D eigenvalue weighted by molar-refractivity contribution is 8.13. The molecule has 132 valence electrons. The molecule has 1 aliphatic rings. The van der Waals surface area contributed by atoms with Gasteiger partial charge in [-0.15, -0.1) is 0 Å². The molecular weight excluding hydrogens is 322 g/mol. The van der Waals surface area contributed by atoms with E-state index in [0.717, 1.165) is 25.1 Å². The number of aliphatic imine (C=N–C) groups is 1. The van der Waals surface area contributed by atoms with Crippen LogP contribution in [0.3, 0.4) is 0 Å². The van der Waals surface area contributed by atoms with Crippen molar-refractivity contribution in [2.75, 3.05) is 19.3 Å². The van der Waals surface area contributed by atoms with Crippen molar-refractivity contribution in [3.63, 3.8) is 0 Å². The number of benzene rings is 1. The lowest BCUT2D eigenvalue weighted by Crippen LogP contribution is -2.42. The molecule has 24 heavy (non-hydrogen) atoms. The molecule has 2 rings (SSSR count). The number of thioether (sulfide) groups is 1. The summed E-state index contributed by atoms with van der Waals surface area (Å²) in [5, 5.41) is 0.547. The van der Waals surface area contributed by atoms with Crippen molar-refractivity contribution in [2.45, 2.75) is 45.1 Å². The number of piperidine rings is 1. The summed E-state index contributed by atoms with van der Waals surface area (Å²) < 4.78 is 5.50. The van der Waals surface area contributed by atoms with Crippen LogP contribution < -0.4 is 5.73 Å². The predicted molar refractivity (Wildman–Crippen MR) is 101 cm³/mol. The lowest BCUT2D eigenvalue weighted by Gasteiger charge is -2.34. The predicted octanol–water partition coefficient (Wildman–Crippen LogP) is 4.11. The van der Waals surface area contributed by atoms with Crippen LogP contribution in [0.1, 0.15) is 45.1 Å². The van der Waals surface area contributed by atoms with Crippen LogP contribution >= 0.6 is 11.8 Å². The smallest absolute Gasteiger partial charge is 0.410 e. The monoisotopic (exact) mass is 349 g/mol. The van der Waals surface area contributed by atoms with Crippen LogP contribution in [-0.4, -0.2) is 41.1 Å². The third-order valence-corrected chi connectivity index (χ3v) is 4.37. The summed E-state index contributed by atoms with van der Waals surface area (Å²) in [6, 6.07) is 8.10. The first kappa shape index (κ1) is 18.6. The number of carbonyl (C=O) groups is 1. The van der Waals surface area contributed by atoms with Crippen molar-refractivity contribution >= 4 is 28.7 Å². The maximum absolute atomic E-state index is 12.3. The number of likely N-dealkylation sites (tertiary alicyclic amines) is 1. The average molecular weight is 350 g/mol. The number of hydrogen-bond donors (Lipinski definition) is 1. The fourth-order valence-electron chi connectivity index (χ4n) is 2.76. The van der Waals surface area contributed by atoms with Crippen LogP contribution in [0.5, 0.6) is 0 Å². The zero-order valence-electron chi connectivity index (χ0n) is 14.9. The zero-order valence-corrected chi connectivity index (χ0v) is 15.7. The minimum atomic E-state index is -0.464. The Balaban J connectivity index is 2.09. The van der Waals surface area contributed by atoms with E-state index in [-0.39, 0.29) is 6.09 Å². The maximum Gasteiger partial charge on any atom is 0.410 e. The Kier molecular flexibility index (Phi) is 6.15. The molecule has 0 radical (unpaired) electrons. The van der Waals surface area contributed by atoms with Crippen molar-refractivity contribution in [2.24, 2.45) is 10.7 Å². The normalized spacial score (nSPS) is 19.2. The van der Waals surface area contributed by atoms with Gasteiger partial charge in [-0.2, -0.15) is 0 Å². The van der Waals surface area contributed by atoms with E-state index < -0.39 is 5.60 Å². The van der Waals surface area contributed by atoms with Crippen LogP contribution in [0.15, 0.2) is 29.3 Å². The van der Waals surface area contributed by atoms with Gasteiger partial charge in [-0.25, -0.2) is 9.79 Å². The topological polar surface area (TPSA) is 67.9 Å². The number of hydrogen-bond acceptors (Lipinski definition) is 4. The minimum Gasteiger partial charge on any atom is -0.444 e. The van der Waals surface area contributed by atoms with E-state index in [0.29, 0.717) is 17.6 Å². The summed E-state index contributed by atoms with van der Waals surface area (Å²) in [5.74, 6) is 0.303. The van der Waals surface area contributed by atoms with E-state index in [1.807, 2.05) is 44.1 Å². The molecule has 1 unspecified atom stereocenters. The third kappa shape index (κ3) is 5.44. The average Bonchev–Trinajstić information content (AvgIpc) is 2.53. The lowest BCUT2D eigenvalue weighted by atomic mass is 9.90. The van der Waals surface area contributed by atoms with E-state index in [9.17, 15) is 4.79 Å². The summed E-state index contributed by atoms with van der Waals surface area (Å²) >= 11 is 1.43. The molecule has 6 heteroatoms. The molecule has 0 aromatic heterocycles. The van der Waals surface area contributed by atoms with Crippen molar-refractivity contribution < 1.29 is 9.53 Å². The molecule has 5 nitrogen and oxygen atoms in total. The van der Waals surface area contributed by atoms with Gasteiger partial charge in [0.1, 0.15) is 5.60 Å². The molecule has 2 N–H and O–H groups in total. The Bertz CT molecular complexity index is 611. The summed E-state index contributed by atoms with van der Waals surface area (Å²) in [7, 11) is 0. The van der Waals surface area contributed by atoms with Gasteiger partial charge in [0.15, 0.2) is 5.17 Å². The summed E-state index contributed by atoms with van der Waals surface area (Å²) in [6.07, 6.45) is 3.71. The van der Waals surface area contributed by atoms with E-state index in [4.69, 9.17) is 10.5 Å². The number of rotatable bonds is 2. The molecule has 0 bridgehead atoms. The van der Waals surface area contributed by atoms with Crippen molar-refractivity contribution in [1.29, 1.82) is 0 Å². The Morgan fingerprint density at radius 1 is 1.42 bits per heavy atom. The van der Waals surface area contributed by atoms with Gasteiger partial charge in [0.05, 0.1) is 5.69 Å². The van der Waals surface area contributed by atoms with Crippen molar-refractivity contribution in [1.82, 2.24) is 4.90 Å². The van der Waals surface area contributed by atoms with Gasteiger partial charge < -0.3 is 15.4 Å². The molecule has 1 saturated heterocycles. The van der Waals surface area contributed by atoms with Gasteiger partial charge >= 0.3 is 6.09 Å². The fourth-order valence-corrected chi connectivity index (χ4v) is 2.96. The first-order chi connectivity index (χ1) is 11.3. The number of carbonyl (C=O) groups excluding carboxylic acids is 1. The van der Waals surface area contributed by atoms with Gasteiger partial charge in [0.2, 0.25) is 0 Å². The summed E-state index contributed by atoms with van der Waals surface area (Å²) in [4.78, 5) is 18.5. The van der Waals surface area contributed by atoms with Crippen LogP contribution in [-0.2, 0) is 4.74 Å². The maximum atomic E-state index is 12.3. The van der Waals surface area contributed by atoms with E-state index in [1.54, 1.807) is 0 Å². The number of amidine groups is 1. The van der Waals surface area contributed by atoms with Crippen molar-refractivity contribution in [3.05, 3.63) is 29.8 Å². The van der Waals surface area contributed by atoms with Crippen LogP contribution in [0.2, 0.25) is 0 Å². The Morgan fingerprint density at radius 2 is 2.17 bits per heavy atom. The molecule has 0 saturated carbocycles. The standard InChI is InChI=1S/C18H27N3O2S/c1-18(2,3)23-17(22)21-10-6-8-14(12-21)13-7-5-9-15(11-13)20-16(19)24-4/h5,7,9,11,14H,6,8,10,12H2,1-4H3,(H2,19,20). The second-order valence-corrected chi connectivity index (χ2v) is 7.84. The van der Waals surface area contributed by atoms with Crippen LogP contribution in [0.25, 0.3) is 0 Å². The largest absolute Gasteiger partial charge is 0.444 e. The molecule has 1 heterocycles. The molecule has 1 aromatic rings. The number of ether oxygens (including phenoxy) is 1. The number of nitrogens with zero attached hydrogens (tertiary/aromatic N) is 2. The first-order valence-electron chi connectivity index (χ1n) is 8.24.